The van der Waals surface area contributed by atoms with Crippen LogP contribution in [0.4, 0.5) is 10.8 Å². The molecule has 1 aromatic heterocycles. The molecule has 0 spiro atoms. The van der Waals surface area contributed by atoms with Crippen LogP contribution in [0.3, 0.4) is 0 Å². The number of halogens is 1. The molecule has 5 heteroatoms. The van der Waals surface area contributed by atoms with Crippen molar-refractivity contribution in [1.29, 1.82) is 0 Å². The Morgan fingerprint density at radius 1 is 1.38 bits per heavy atom. The van der Waals surface area contributed by atoms with Gasteiger partial charge in [0, 0.05) is 23.1 Å². The maximum absolute atomic E-state index is 10.5. The summed E-state index contributed by atoms with van der Waals surface area (Å²) in [6.45, 7) is 0. The minimum atomic E-state index is 0.459. The molecule has 16 heavy (non-hydrogen) atoms. The number of aldehydes is 1. The zero-order chi connectivity index (χ0) is 11.5. The summed E-state index contributed by atoms with van der Waals surface area (Å²) >= 11 is 7.24. The van der Waals surface area contributed by atoms with Gasteiger partial charge in [-0.3, -0.25) is 4.79 Å². The van der Waals surface area contributed by atoms with Gasteiger partial charge in [-0.25, -0.2) is 4.98 Å². The van der Waals surface area contributed by atoms with E-state index in [1.807, 2.05) is 36.2 Å². The first-order valence-corrected chi connectivity index (χ1v) is 5.86. The van der Waals surface area contributed by atoms with E-state index in [4.69, 9.17) is 11.6 Å². The number of carbonyl (C=O) groups is 1. The molecule has 1 heterocycles. The summed E-state index contributed by atoms with van der Waals surface area (Å²) in [5, 5.41) is 3.21. The fourth-order valence-electron chi connectivity index (χ4n) is 1.26. The summed E-state index contributed by atoms with van der Waals surface area (Å²) < 4.78 is 0. The number of thiazole rings is 1. The van der Waals surface area contributed by atoms with Crippen LogP contribution in [0.1, 0.15) is 10.5 Å². The lowest BCUT2D eigenvalue weighted by molar-refractivity contribution is 0.111. The van der Waals surface area contributed by atoms with Crippen molar-refractivity contribution in [2.24, 2.45) is 0 Å². The number of aromatic nitrogens is 1. The van der Waals surface area contributed by atoms with Crippen molar-refractivity contribution >= 4 is 40.0 Å². The Bertz CT molecular complexity index is 495. The highest BCUT2D eigenvalue weighted by Crippen LogP contribution is 2.27. The minimum Gasteiger partial charge on any atom is -0.321 e. The molecule has 0 fully saturated rings. The number of anilines is 2. The maximum Gasteiger partial charge on any atom is 0.190 e. The first kappa shape index (κ1) is 11.1. The van der Waals surface area contributed by atoms with Gasteiger partial charge in [-0.1, -0.05) is 11.6 Å². The lowest BCUT2D eigenvalue weighted by atomic mass is 10.3. The average Bonchev–Trinajstić information content (AvgIpc) is 2.77. The average molecular weight is 253 g/mol. The van der Waals surface area contributed by atoms with Crippen LogP contribution in [0.15, 0.2) is 29.6 Å². The molecule has 0 aliphatic carbocycles. The first-order chi connectivity index (χ1) is 7.70. The molecule has 3 nitrogen and oxygen atoms in total. The third kappa shape index (κ3) is 2.23. The Balaban J connectivity index is 2.27. The molecule has 2 aromatic rings. The number of hydrogen-bond acceptors (Lipinski definition) is 4. The zero-order valence-electron chi connectivity index (χ0n) is 8.55. The van der Waals surface area contributed by atoms with E-state index in [2.05, 4.69) is 4.98 Å². The van der Waals surface area contributed by atoms with Crippen molar-refractivity contribution in [3.63, 3.8) is 0 Å². The molecule has 82 valence electrons. The van der Waals surface area contributed by atoms with Crippen molar-refractivity contribution in [1.82, 2.24) is 4.98 Å². The fourth-order valence-corrected chi connectivity index (χ4v) is 2.14. The molecule has 0 radical (unpaired) electrons. The fraction of sp³-hybridized carbons (Fsp3) is 0.0909. The largest absolute Gasteiger partial charge is 0.321 e. The molecule has 2 rings (SSSR count). The van der Waals surface area contributed by atoms with Gasteiger partial charge >= 0.3 is 0 Å². The summed E-state index contributed by atoms with van der Waals surface area (Å²) in [7, 11) is 1.90. The van der Waals surface area contributed by atoms with Crippen LogP contribution in [0.25, 0.3) is 0 Å². The topological polar surface area (TPSA) is 33.2 Å². The van der Waals surface area contributed by atoms with Crippen LogP contribution in [-0.2, 0) is 0 Å². The van der Waals surface area contributed by atoms with Gasteiger partial charge in [0.25, 0.3) is 0 Å². The van der Waals surface area contributed by atoms with Crippen LogP contribution in [0.5, 0.6) is 0 Å². The second-order valence-corrected chi connectivity index (χ2v) is 4.48. The normalized spacial score (nSPS) is 10.1. The maximum atomic E-state index is 10.5. The lowest BCUT2D eigenvalue weighted by Gasteiger charge is -2.15. The number of benzene rings is 1. The van der Waals surface area contributed by atoms with Crippen molar-refractivity contribution in [2.75, 3.05) is 11.9 Å². The van der Waals surface area contributed by atoms with E-state index in [1.165, 1.54) is 11.3 Å². The van der Waals surface area contributed by atoms with E-state index in [0.717, 1.165) is 17.1 Å². The number of hydrogen-bond donors (Lipinski definition) is 0. The molecule has 0 unspecified atom stereocenters. The molecule has 0 atom stereocenters. The van der Waals surface area contributed by atoms with Gasteiger partial charge in [0.15, 0.2) is 11.4 Å². The van der Waals surface area contributed by atoms with Gasteiger partial charge in [-0.15, -0.1) is 11.3 Å². The van der Waals surface area contributed by atoms with Gasteiger partial charge < -0.3 is 4.90 Å². The lowest BCUT2D eigenvalue weighted by Crippen LogP contribution is -2.08. The quantitative estimate of drug-likeness (QED) is 0.786. The van der Waals surface area contributed by atoms with Crippen LogP contribution in [-0.4, -0.2) is 18.3 Å². The van der Waals surface area contributed by atoms with Crippen LogP contribution in [0, 0.1) is 0 Å². The summed E-state index contributed by atoms with van der Waals surface area (Å²) in [6, 6.07) is 7.46. The molecule has 0 bridgehead atoms. The molecule has 0 saturated heterocycles. The van der Waals surface area contributed by atoms with E-state index >= 15 is 0 Å². The Labute approximate surface area is 102 Å². The van der Waals surface area contributed by atoms with Gasteiger partial charge in [-0.05, 0) is 24.3 Å². The van der Waals surface area contributed by atoms with E-state index in [9.17, 15) is 4.79 Å². The standard InChI is InChI=1S/C11H9ClN2OS/c1-14(10-4-2-8(12)3-5-10)11-13-9(6-15)7-16-11/h2-7H,1H3. The smallest absolute Gasteiger partial charge is 0.190 e. The minimum absolute atomic E-state index is 0.459. The molecular formula is C11H9ClN2OS. The highest BCUT2D eigenvalue weighted by molar-refractivity contribution is 7.14. The molecule has 0 aliphatic rings. The zero-order valence-corrected chi connectivity index (χ0v) is 10.1. The third-order valence-electron chi connectivity index (χ3n) is 2.13. The van der Waals surface area contributed by atoms with E-state index in [0.29, 0.717) is 10.7 Å². The summed E-state index contributed by atoms with van der Waals surface area (Å²) in [4.78, 5) is 16.6. The molecule has 1 aromatic carbocycles. The second kappa shape index (κ2) is 4.63. The van der Waals surface area contributed by atoms with Crippen molar-refractivity contribution in [3.05, 3.63) is 40.4 Å². The molecular weight excluding hydrogens is 244 g/mol. The molecule has 0 aliphatic heterocycles. The number of nitrogens with zero attached hydrogens (tertiary/aromatic N) is 2. The van der Waals surface area contributed by atoms with Gasteiger partial charge in [0.1, 0.15) is 5.69 Å². The predicted octanol–water partition coefficient (Wildman–Crippen LogP) is 3.38. The van der Waals surface area contributed by atoms with Crippen molar-refractivity contribution in [2.45, 2.75) is 0 Å². The summed E-state index contributed by atoms with van der Waals surface area (Å²) in [5.74, 6) is 0. The Hall–Kier alpha value is -1.39. The number of rotatable bonds is 3. The Kier molecular flexibility index (Phi) is 3.22. The van der Waals surface area contributed by atoms with Crippen LogP contribution in [0.2, 0.25) is 5.02 Å². The summed E-state index contributed by atoms with van der Waals surface area (Å²) in [6.07, 6.45) is 0.746. The van der Waals surface area contributed by atoms with E-state index in [1.54, 1.807) is 5.38 Å². The highest BCUT2D eigenvalue weighted by Gasteiger charge is 2.08. The van der Waals surface area contributed by atoms with Crippen molar-refractivity contribution < 1.29 is 4.79 Å². The van der Waals surface area contributed by atoms with E-state index < -0.39 is 0 Å². The number of carbonyl (C=O) groups excluding carboxylic acids is 1. The molecule has 0 saturated carbocycles. The SMILES string of the molecule is CN(c1ccc(Cl)cc1)c1nc(C=O)cs1. The monoisotopic (exact) mass is 252 g/mol. The Morgan fingerprint density at radius 3 is 2.62 bits per heavy atom. The van der Waals surface area contributed by atoms with Crippen LogP contribution >= 0.6 is 22.9 Å². The van der Waals surface area contributed by atoms with E-state index in [-0.39, 0.29) is 0 Å². The van der Waals surface area contributed by atoms with Gasteiger partial charge in [0.2, 0.25) is 0 Å². The second-order valence-electron chi connectivity index (χ2n) is 3.21. The van der Waals surface area contributed by atoms with Gasteiger partial charge in [-0.2, -0.15) is 0 Å². The third-order valence-corrected chi connectivity index (χ3v) is 3.32. The summed E-state index contributed by atoms with van der Waals surface area (Å²) in [5.41, 5.74) is 1.44. The Morgan fingerprint density at radius 2 is 2.06 bits per heavy atom. The van der Waals surface area contributed by atoms with Gasteiger partial charge in [0.05, 0.1) is 0 Å². The highest BCUT2D eigenvalue weighted by atomic mass is 35.5. The van der Waals surface area contributed by atoms with Crippen LogP contribution < -0.4 is 4.90 Å². The predicted molar refractivity (Wildman–Crippen MR) is 67.0 cm³/mol. The molecule has 0 amide bonds. The molecule has 0 N–H and O–H groups in total. The van der Waals surface area contributed by atoms with Crippen molar-refractivity contribution in [3.8, 4) is 0 Å². The first-order valence-electron chi connectivity index (χ1n) is 4.60.